The summed E-state index contributed by atoms with van der Waals surface area (Å²) in [6, 6.07) is 18.2. The van der Waals surface area contributed by atoms with E-state index in [0.29, 0.717) is 31.7 Å². The number of hydrogen-bond donors (Lipinski definition) is 1. The van der Waals surface area contributed by atoms with Crippen LogP contribution in [0.4, 0.5) is 0 Å². The van der Waals surface area contributed by atoms with Crippen molar-refractivity contribution in [2.75, 3.05) is 13.1 Å². The topological polar surface area (TPSA) is 53.7 Å². The lowest BCUT2D eigenvalue weighted by molar-refractivity contribution is 0.0521. The molecule has 1 aliphatic heterocycles. The molecule has 1 saturated heterocycles. The van der Waals surface area contributed by atoms with E-state index in [1.807, 2.05) is 42.5 Å². The van der Waals surface area contributed by atoms with Gasteiger partial charge in [-0.3, -0.25) is 4.79 Å². The Morgan fingerprint density at radius 1 is 1.04 bits per heavy atom. The van der Waals surface area contributed by atoms with Crippen molar-refractivity contribution in [3.63, 3.8) is 0 Å². The van der Waals surface area contributed by atoms with Gasteiger partial charge in [-0.1, -0.05) is 48.5 Å². The molecule has 2 heterocycles. The van der Waals surface area contributed by atoms with Crippen LogP contribution in [0, 0.1) is 0 Å². The Bertz CT molecular complexity index is 914. The van der Waals surface area contributed by atoms with Crippen molar-refractivity contribution in [2.45, 2.75) is 30.5 Å². The van der Waals surface area contributed by atoms with E-state index < -0.39 is 0 Å². The predicted molar refractivity (Wildman–Crippen MR) is 109 cm³/mol. The fourth-order valence-electron chi connectivity index (χ4n) is 3.47. The zero-order valence-corrected chi connectivity index (χ0v) is 16.0. The molecule has 0 spiro atoms. The van der Waals surface area contributed by atoms with Gasteiger partial charge in [-0.25, -0.2) is 0 Å². The molecule has 1 aromatic heterocycles. The number of aliphatic hydroxyl groups excluding tert-OH is 1. The monoisotopic (exact) mass is 381 g/mol. The van der Waals surface area contributed by atoms with E-state index in [0.717, 1.165) is 28.0 Å². The van der Waals surface area contributed by atoms with Crippen LogP contribution in [0.1, 0.15) is 34.5 Å². The molecule has 0 atom stereocenters. The highest BCUT2D eigenvalue weighted by atomic mass is 32.2. The Morgan fingerprint density at radius 3 is 2.52 bits per heavy atom. The Hall–Kier alpha value is -2.24. The number of benzene rings is 2. The van der Waals surface area contributed by atoms with Gasteiger partial charge in [-0.2, -0.15) is 11.8 Å². The van der Waals surface area contributed by atoms with Gasteiger partial charge in [0.15, 0.2) is 5.76 Å². The van der Waals surface area contributed by atoms with E-state index in [1.165, 1.54) is 5.56 Å². The largest absolute Gasteiger partial charge is 0.451 e. The van der Waals surface area contributed by atoms with E-state index >= 15 is 0 Å². The lowest BCUT2D eigenvalue weighted by Crippen LogP contribution is -2.40. The summed E-state index contributed by atoms with van der Waals surface area (Å²) in [4.78, 5) is 14.9. The molecule has 3 aromatic rings. The molecular formula is C22H23NO3S. The molecule has 0 aliphatic carbocycles. The second-order valence-corrected chi connectivity index (χ2v) is 7.89. The van der Waals surface area contributed by atoms with E-state index in [1.54, 1.807) is 16.7 Å². The second-order valence-electron chi connectivity index (χ2n) is 6.91. The number of aliphatic hydroxyl groups is 1. The molecule has 0 saturated carbocycles. The summed E-state index contributed by atoms with van der Waals surface area (Å²) in [6.07, 6.45) is 0.958. The molecule has 0 radical (unpaired) electrons. The number of fused-ring (bicyclic) bond motifs is 1. The van der Waals surface area contributed by atoms with Gasteiger partial charge in [-0.05, 0) is 24.5 Å². The molecule has 1 N–H and O–H groups in total. The summed E-state index contributed by atoms with van der Waals surface area (Å²) in [5.41, 5.74) is 3.00. The van der Waals surface area contributed by atoms with Gasteiger partial charge in [0, 0.05) is 35.5 Å². The summed E-state index contributed by atoms with van der Waals surface area (Å²) in [6.45, 7) is 1.15. The second kappa shape index (κ2) is 8.19. The third-order valence-electron chi connectivity index (χ3n) is 5.00. The number of nitrogens with zero attached hydrogens (tertiary/aromatic N) is 1. The van der Waals surface area contributed by atoms with Crippen LogP contribution < -0.4 is 0 Å². The Kier molecular flexibility index (Phi) is 5.50. The minimum absolute atomic E-state index is 0.0617. The lowest BCUT2D eigenvalue weighted by atomic mass is 10.1. The zero-order valence-electron chi connectivity index (χ0n) is 15.1. The molecule has 0 unspecified atom stereocenters. The number of thioether (sulfide) groups is 1. The standard InChI is InChI=1S/C22H23NO3S/c24-17-10-12-23(13-11-17)22(25)21-19(18-8-4-5-9-20(18)26-21)15-27-14-16-6-2-1-3-7-16/h1-9,17,24H,10-15H2. The van der Waals surface area contributed by atoms with Crippen LogP contribution in [0.15, 0.2) is 59.0 Å². The van der Waals surface area contributed by atoms with Gasteiger partial charge in [0.2, 0.25) is 0 Å². The summed E-state index contributed by atoms with van der Waals surface area (Å²) in [7, 11) is 0. The van der Waals surface area contributed by atoms with Crippen LogP contribution in [0.25, 0.3) is 11.0 Å². The van der Waals surface area contributed by atoms with Crippen molar-refractivity contribution in [3.8, 4) is 0 Å². The Balaban J connectivity index is 1.56. The number of para-hydroxylation sites is 1. The summed E-state index contributed by atoms with van der Waals surface area (Å²) in [5.74, 6) is 2.01. The highest BCUT2D eigenvalue weighted by Gasteiger charge is 2.28. The van der Waals surface area contributed by atoms with Crippen molar-refractivity contribution in [1.82, 2.24) is 4.90 Å². The maximum atomic E-state index is 13.1. The number of carbonyl (C=O) groups excluding carboxylic acids is 1. The van der Waals surface area contributed by atoms with Crippen molar-refractivity contribution >= 4 is 28.6 Å². The molecule has 1 amide bonds. The number of carbonyl (C=O) groups is 1. The van der Waals surface area contributed by atoms with E-state index in [2.05, 4.69) is 12.1 Å². The van der Waals surface area contributed by atoms with Crippen molar-refractivity contribution < 1.29 is 14.3 Å². The molecule has 4 rings (SSSR count). The maximum Gasteiger partial charge on any atom is 0.289 e. The average Bonchev–Trinajstić information content (AvgIpc) is 3.08. The number of likely N-dealkylation sites (tertiary alicyclic amines) is 1. The van der Waals surface area contributed by atoms with Gasteiger partial charge in [0.25, 0.3) is 5.91 Å². The lowest BCUT2D eigenvalue weighted by Gasteiger charge is -2.29. The van der Waals surface area contributed by atoms with Gasteiger partial charge < -0.3 is 14.4 Å². The van der Waals surface area contributed by atoms with Crippen LogP contribution in [-0.4, -0.2) is 35.1 Å². The SMILES string of the molecule is O=C(c1oc2ccccc2c1CSCc1ccccc1)N1CCC(O)CC1. The zero-order chi connectivity index (χ0) is 18.6. The first-order valence-electron chi connectivity index (χ1n) is 9.32. The van der Waals surface area contributed by atoms with Gasteiger partial charge in [0.1, 0.15) is 5.58 Å². The van der Waals surface area contributed by atoms with E-state index in [9.17, 15) is 9.90 Å². The Labute approximate surface area is 163 Å². The number of rotatable bonds is 5. The van der Waals surface area contributed by atoms with Crippen LogP contribution in [-0.2, 0) is 11.5 Å². The molecule has 0 bridgehead atoms. The highest BCUT2D eigenvalue weighted by molar-refractivity contribution is 7.97. The third-order valence-corrected chi connectivity index (χ3v) is 6.03. The Morgan fingerprint density at radius 2 is 1.74 bits per heavy atom. The molecule has 27 heavy (non-hydrogen) atoms. The van der Waals surface area contributed by atoms with Crippen molar-refractivity contribution in [2.24, 2.45) is 0 Å². The number of furan rings is 1. The fourth-order valence-corrected chi connectivity index (χ4v) is 4.49. The fraction of sp³-hybridized carbons (Fsp3) is 0.318. The number of amides is 1. The van der Waals surface area contributed by atoms with Crippen LogP contribution in [0.3, 0.4) is 0 Å². The molecule has 1 aliphatic rings. The molecule has 4 nitrogen and oxygen atoms in total. The molecule has 2 aromatic carbocycles. The van der Waals surface area contributed by atoms with Crippen molar-refractivity contribution in [1.29, 1.82) is 0 Å². The van der Waals surface area contributed by atoms with Crippen LogP contribution >= 0.6 is 11.8 Å². The van der Waals surface area contributed by atoms with Crippen LogP contribution in [0.2, 0.25) is 0 Å². The quantitative estimate of drug-likeness (QED) is 0.709. The minimum atomic E-state index is -0.300. The molecule has 5 heteroatoms. The normalized spacial score (nSPS) is 15.4. The number of hydrogen-bond acceptors (Lipinski definition) is 4. The van der Waals surface area contributed by atoms with Gasteiger partial charge in [-0.15, -0.1) is 0 Å². The van der Waals surface area contributed by atoms with E-state index in [-0.39, 0.29) is 12.0 Å². The summed E-state index contributed by atoms with van der Waals surface area (Å²) >= 11 is 1.79. The van der Waals surface area contributed by atoms with Crippen molar-refractivity contribution in [3.05, 3.63) is 71.5 Å². The highest BCUT2D eigenvalue weighted by Crippen LogP contribution is 2.31. The molecule has 140 valence electrons. The van der Waals surface area contributed by atoms with Crippen LogP contribution in [0.5, 0.6) is 0 Å². The van der Waals surface area contributed by atoms with E-state index in [4.69, 9.17) is 4.42 Å². The average molecular weight is 381 g/mol. The summed E-state index contributed by atoms with van der Waals surface area (Å²) in [5, 5.41) is 10.7. The first kappa shape index (κ1) is 18.1. The molecular weight excluding hydrogens is 358 g/mol. The maximum absolute atomic E-state index is 13.1. The smallest absolute Gasteiger partial charge is 0.289 e. The molecule has 1 fully saturated rings. The van der Waals surface area contributed by atoms with Gasteiger partial charge >= 0.3 is 0 Å². The van der Waals surface area contributed by atoms with Gasteiger partial charge in [0.05, 0.1) is 6.10 Å². The third kappa shape index (κ3) is 4.04. The minimum Gasteiger partial charge on any atom is -0.451 e. The first-order valence-corrected chi connectivity index (χ1v) is 10.5. The predicted octanol–water partition coefficient (Wildman–Crippen LogP) is 4.46. The first-order chi connectivity index (χ1) is 13.2. The number of piperidine rings is 1. The summed E-state index contributed by atoms with van der Waals surface area (Å²) < 4.78 is 5.98.